The Hall–Kier alpha value is -3.20. The van der Waals surface area contributed by atoms with Crippen LogP contribution in [0.2, 0.25) is 0 Å². The van der Waals surface area contributed by atoms with Crippen molar-refractivity contribution in [2.24, 2.45) is 11.3 Å². The van der Waals surface area contributed by atoms with Crippen molar-refractivity contribution in [2.45, 2.75) is 52.0 Å². The summed E-state index contributed by atoms with van der Waals surface area (Å²) in [6.45, 7) is 8.20. The third-order valence-electron chi connectivity index (χ3n) is 7.19. The standard InChI is InChI=1S/C27H34BN5O5/c1-16-12-30-26(33-24(16)32-22-13-36-8-7-18(22)11-29)31-19-9-20(17-5-6-17)23(21(10-19)25(34)35-4)28-37-14-27(2,3)15-38-28/h9-10,12,17-18,22H,5-8,13-15H2,1-4H3,(H2,30,31,32,33)/t18-,22+/m1/s1. The lowest BCUT2D eigenvalue weighted by Crippen LogP contribution is -2.50. The van der Waals surface area contributed by atoms with Gasteiger partial charge in [-0.05, 0) is 49.8 Å². The molecule has 1 aromatic carbocycles. The Kier molecular flexibility index (Phi) is 7.57. The van der Waals surface area contributed by atoms with E-state index in [-0.39, 0.29) is 17.4 Å². The zero-order valence-electron chi connectivity index (χ0n) is 22.4. The zero-order valence-corrected chi connectivity index (χ0v) is 22.4. The highest BCUT2D eigenvalue weighted by molar-refractivity contribution is 6.63. The molecule has 10 nitrogen and oxygen atoms in total. The average molecular weight is 519 g/mol. The van der Waals surface area contributed by atoms with Gasteiger partial charge in [-0.25, -0.2) is 9.78 Å². The summed E-state index contributed by atoms with van der Waals surface area (Å²) in [6, 6.07) is 5.99. The molecule has 1 saturated carbocycles. The number of carbonyl (C=O) groups excluding carboxylic acids is 1. The second kappa shape index (κ2) is 10.9. The first kappa shape index (κ1) is 26.4. The third-order valence-corrected chi connectivity index (χ3v) is 7.19. The maximum atomic E-state index is 12.9. The quantitative estimate of drug-likeness (QED) is 0.416. The Morgan fingerprint density at radius 2 is 2.00 bits per heavy atom. The molecular weight excluding hydrogens is 485 g/mol. The van der Waals surface area contributed by atoms with E-state index in [2.05, 4.69) is 40.5 Å². The van der Waals surface area contributed by atoms with Gasteiger partial charge in [0.1, 0.15) is 5.82 Å². The predicted octanol–water partition coefficient (Wildman–Crippen LogP) is 3.30. The molecule has 3 aliphatic rings. The normalized spacial score (nSPS) is 22.9. The molecule has 3 fully saturated rings. The number of aromatic nitrogens is 2. The van der Waals surface area contributed by atoms with Crippen molar-refractivity contribution in [3.63, 3.8) is 0 Å². The fraction of sp³-hybridized carbons (Fsp3) is 0.556. The summed E-state index contributed by atoms with van der Waals surface area (Å²) in [6.07, 6.45) is 4.48. The van der Waals surface area contributed by atoms with Crippen LogP contribution < -0.4 is 16.1 Å². The van der Waals surface area contributed by atoms with E-state index in [0.29, 0.717) is 61.8 Å². The summed E-state index contributed by atoms with van der Waals surface area (Å²) in [5, 5.41) is 16.2. The number of esters is 1. The van der Waals surface area contributed by atoms with Crippen LogP contribution in [0.4, 0.5) is 17.5 Å². The fourth-order valence-electron chi connectivity index (χ4n) is 4.87. The molecule has 0 unspecified atom stereocenters. The lowest BCUT2D eigenvalue weighted by atomic mass is 9.69. The molecule has 200 valence electrons. The Morgan fingerprint density at radius 1 is 1.24 bits per heavy atom. The number of nitrogens with zero attached hydrogens (tertiary/aromatic N) is 3. The Balaban J connectivity index is 1.44. The van der Waals surface area contributed by atoms with Gasteiger partial charge in [0.05, 0.1) is 37.3 Å². The van der Waals surface area contributed by atoms with Crippen molar-refractivity contribution in [3.8, 4) is 6.07 Å². The van der Waals surface area contributed by atoms with Gasteiger partial charge in [0.15, 0.2) is 0 Å². The van der Waals surface area contributed by atoms with E-state index in [9.17, 15) is 10.1 Å². The number of rotatable bonds is 7. The monoisotopic (exact) mass is 519 g/mol. The number of ether oxygens (including phenoxy) is 2. The van der Waals surface area contributed by atoms with Crippen LogP contribution in [0.3, 0.4) is 0 Å². The zero-order chi connectivity index (χ0) is 26.9. The van der Waals surface area contributed by atoms with Crippen molar-refractivity contribution in [3.05, 3.63) is 35.0 Å². The molecule has 2 N–H and O–H groups in total. The van der Waals surface area contributed by atoms with E-state index >= 15 is 0 Å². The van der Waals surface area contributed by atoms with Gasteiger partial charge < -0.3 is 29.4 Å². The Bertz CT molecular complexity index is 1240. The van der Waals surface area contributed by atoms with Crippen LogP contribution in [0, 0.1) is 29.6 Å². The second-order valence-electron chi connectivity index (χ2n) is 11.1. The number of hydrogen-bond donors (Lipinski definition) is 2. The minimum Gasteiger partial charge on any atom is -0.465 e. The minimum absolute atomic E-state index is 0.0886. The number of anilines is 3. The number of nitrogens with one attached hydrogen (secondary N) is 2. The van der Waals surface area contributed by atoms with Gasteiger partial charge in [-0.15, -0.1) is 0 Å². The molecule has 2 aromatic rings. The molecule has 0 spiro atoms. The van der Waals surface area contributed by atoms with Crippen molar-refractivity contribution < 1.29 is 23.6 Å². The molecule has 0 bridgehead atoms. The molecule has 2 atom stereocenters. The van der Waals surface area contributed by atoms with Crippen LogP contribution in [0.1, 0.15) is 60.5 Å². The van der Waals surface area contributed by atoms with Gasteiger partial charge in [0, 0.05) is 48.1 Å². The summed E-state index contributed by atoms with van der Waals surface area (Å²) in [5.74, 6) is 0.732. The number of carbonyl (C=O) groups is 1. The molecule has 3 heterocycles. The lowest BCUT2D eigenvalue weighted by molar-refractivity contribution is 0.0339. The van der Waals surface area contributed by atoms with E-state index in [4.69, 9.17) is 18.8 Å². The summed E-state index contributed by atoms with van der Waals surface area (Å²) < 4.78 is 22.9. The van der Waals surface area contributed by atoms with Gasteiger partial charge in [0.25, 0.3) is 0 Å². The van der Waals surface area contributed by atoms with E-state index in [1.807, 2.05) is 13.0 Å². The van der Waals surface area contributed by atoms with Crippen molar-refractivity contribution >= 4 is 36.0 Å². The summed E-state index contributed by atoms with van der Waals surface area (Å²) in [7, 11) is 0.748. The predicted molar refractivity (Wildman–Crippen MR) is 143 cm³/mol. The minimum atomic E-state index is -0.626. The number of methoxy groups -OCH3 is 1. The summed E-state index contributed by atoms with van der Waals surface area (Å²) >= 11 is 0. The van der Waals surface area contributed by atoms with E-state index in [1.165, 1.54) is 7.11 Å². The van der Waals surface area contributed by atoms with Crippen molar-refractivity contribution in [1.82, 2.24) is 9.97 Å². The van der Waals surface area contributed by atoms with Gasteiger partial charge in [-0.3, -0.25) is 0 Å². The van der Waals surface area contributed by atoms with Crippen LogP contribution >= 0.6 is 0 Å². The number of nitriles is 1. The molecule has 1 aromatic heterocycles. The highest BCUT2D eigenvalue weighted by atomic mass is 16.6. The molecule has 2 saturated heterocycles. The van der Waals surface area contributed by atoms with Gasteiger partial charge >= 0.3 is 13.1 Å². The maximum absolute atomic E-state index is 12.9. The average Bonchev–Trinajstić information content (AvgIpc) is 3.76. The van der Waals surface area contributed by atoms with Crippen LogP contribution in [0.25, 0.3) is 0 Å². The molecule has 38 heavy (non-hydrogen) atoms. The molecule has 1 aliphatic carbocycles. The summed E-state index contributed by atoms with van der Waals surface area (Å²) in [5.41, 5.74) is 3.61. The first-order valence-corrected chi connectivity index (χ1v) is 13.1. The number of aryl methyl sites for hydroxylation is 1. The van der Waals surface area contributed by atoms with Crippen LogP contribution in [0.5, 0.6) is 0 Å². The van der Waals surface area contributed by atoms with Crippen molar-refractivity contribution in [1.29, 1.82) is 5.26 Å². The van der Waals surface area contributed by atoms with Crippen molar-refractivity contribution in [2.75, 3.05) is 44.2 Å². The topological polar surface area (TPSA) is 128 Å². The van der Waals surface area contributed by atoms with E-state index in [1.54, 1.807) is 12.3 Å². The highest BCUT2D eigenvalue weighted by Gasteiger charge is 2.41. The first-order chi connectivity index (χ1) is 18.3. The SMILES string of the molecule is COC(=O)c1cc(Nc2ncc(C)c(N[C@H]3COCC[C@@H]3C#N)n2)cc(C2CC2)c1B1OCC(C)(C)CO1. The molecule has 0 amide bonds. The second-order valence-corrected chi connectivity index (χ2v) is 11.1. The van der Waals surface area contributed by atoms with Crippen LogP contribution in [-0.2, 0) is 18.8 Å². The van der Waals surface area contributed by atoms with Crippen LogP contribution in [0.15, 0.2) is 18.3 Å². The first-order valence-electron chi connectivity index (χ1n) is 13.1. The lowest BCUT2D eigenvalue weighted by Gasteiger charge is -2.34. The van der Waals surface area contributed by atoms with E-state index in [0.717, 1.165) is 29.4 Å². The highest BCUT2D eigenvalue weighted by Crippen LogP contribution is 2.41. The maximum Gasteiger partial charge on any atom is 0.495 e. The molecular formula is C27H34BN5O5. The Labute approximate surface area is 223 Å². The van der Waals surface area contributed by atoms with Gasteiger partial charge in [0.2, 0.25) is 5.95 Å². The van der Waals surface area contributed by atoms with Crippen LogP contribution in [-0.4, -0.2) is 62.6 Å². The van der Waals surface area contributed by atoms with Gasteiger partial charge in [-0.2, -0.15) is 10.2 Å². The largest absolute Gasteiger partial charge is 0.495 e. The fourth-order valence-corrected chi connectivity index (χ4v) is 4.87. The molecule has 2 aliphatic heterocycles. The van der Waals surface area contributed by atoms with Gasteiger partial charge in [-0.1, -0.05) is 13.8 Å². The molecule has 0 radical (unpaired) electrons. The molecule has 11 heteroatoms. The number of benzene rings is 1. The third kappa shape index (κ3) is 5.77. The summed E-state index contributed by atoms with van der Waals surface area (Å²) in [4.78, 5) is 22.1. The molecule has 5 rings (SSSR count). The number of hydrogen-bond acceptors (Lipinski definition) is 10. The smallest absolute Gasteiger partial charge is 0.465 e. The van der Waals surface area contributed by atoms with E-state index < -0.39 is 13.1 Å². The Morgan fingerprint density at radius 3 is 2.68 bits per heavy atom.